The zero-order chi connectivity index (χ0) is 10.6. The first-order chi connectivity index (χ1) is 6.65. The Balaban J connectivity index is 2.73. The summed E-state index contributed by atoms with van der Waals surface area (Å²) in [6, 6.07) is 6.89. The highest BCUT2D eigenvalue weighted by Crippen LogP contribution is 2.20. The van der Waals surface area contributed by atoms with Crippen LogP contribution in [0.2, 0.25) is 0 Å². The molecular formula is C10H15NO2S. The lowest BCUT2D eigenvalue weighted by Gasteiger charge is -2.17. The Labute approximate surface area is 89.0 Å². The van der Waals surface area contributed by atoms with E-state index in [4.69, 9.17) is 5.73 Å². The standard InChI is InChI=1S/C10H15NO2S/c11-8-3-1-2-7(6-8)10(13)9(12)4-5-14/h1-3,6,9-10,12-14H,4-5,11H2. The predicted octanol–water partition coefficient (Wildman–Crippen LogP) is 0.983. The first-order valence-electron chi connectivity index (χ1n) is 4.47. The highest BCUT2D eigenvalue weighted by Gasteiger charge is 2.17. The van der Waals surface area contributed by atoms with Crippen molar-refractivity contribution >= 4 is 18.3 Å². The molecule has 0 aliphatic carbocycles. The number of thiol groups is 1. The monoisotopic (exact) mass is 213 g/mol. The van der Waals surface area contributed by atoms with Crippen LogP contribution in [0.15, 0.2) is 24.3 Å². The van der Waals surface area contributed by atoms with Crippen molar-refractivity contribution < 1.29 is 10.2 Å². The molecule has 78 valence electrons. The van der Waals surface area contributed by atoms with Crippen molar-refractivity contribution in [3.05, 3.63) is 29.8 Å². The number of anilines is 1. The van der Waals surface area contributed by atoms with Crippen LogP contribution in [-0.4, -0.2) is 22.1 Å². The minimum Gasteiger partial charge on any atom is -0.399 e. The maximum Gasteiger partial charge on any atom is 0.105 e. The molecule has 0 aromatic heterocycles. The predicted molar refractivity (Wildman–Crippen MR) is 60.3 cm³/mol. The largest absolute Gasteiger partial charge is 0.399 e. The number of aliphatic hydroxyl groups excluding tert-OH is 2. The quantitative estimate of drug-likeness (QED) is 0.445. The molecule has 0 bridgehead atoms. The van der Waals surface area contributed by atoms with E-state index in [1.807, 2.05) is 0 Å². The third-order valence-corrected chi connectivity index (χ3v) is 2.30. The van der Waals surface area contributed by atoms with Gasteiger partial charge in [0.05, 0.1) is 6.10 Å². The Morgan fingerprint density at radius 2 is 2.07 bits per heavy atom. The molecule has 0 amide bonds. The van der Waals surface area contributed by atoms with Crippen LogP contribution in [0.1, 0.15) is 18.1 Å². The minimum atomic E-state index is -0.884. The number of hydrogen-bond acceptors (Lipinski definition) is 4. The fraction of sp³-hybridized carbons (Fsp3) is 0.400. The second-order valence-electron chi connectivity index (χ2n) is 3.19. The van der Waals surface area contributed by atoms with Gasteiger partial charge in [-0.15, -0.1) is 0 Å². The van der Waals surface area contributed by atoms with Crippen LogP contribution in [0.25, 0.3) is 0 Å². The fourth-order valence-electron chi connectivity index (χ4n) is 1.26. The van der Waals surface area contributed by atoms with E-state index in [1.54, 1.807) is 24.3 Å². The summed E-state index contributed by atoms with van der Waals surface area (Å²) < 4.78 is 0. The summed E-state index contributed by atoms with van der Waals surface area (Å²) >= 11 is 3.99. The third kappa shape index (κ3) is 2.90. The van der Waals surface area contributed by atoms with Crippen molar-refractivity contribution in [3.8, 4) is 0 Å². The summed E-state index contributed by atoms with van der Waals surface area (Å²) in [5.41, 5.74) is 6.78. The molecule has 0 heterocycles. The highest BCUT2D eigenvalue weighted by atomic mass is 32.1. The van der Waals surface area contributed by atoms with Crippen molar-refractivity contribution in [1.82, 2.24) is 0 Å². The second-order valence-corrected chi connectivity index (χ2v) is 3.64. The third-order valence-electron chi connectivity index (χ3n) is 2.04. The van der Waals surface area contributed by atoms with Crippen LogP contribution in [0, 0.1) is 0 Å². The van der Waals surface area contributed by atoms with E-state index in [-0.39, 0.29) is 0 Å². The lowest BCUT2D eigenvalue weighted by molar-refractivity contribution is 0.0173. The first-order valence-corrected chi connectivity index (χ1v) is 5.11. The van der Waals surface area contributed by atoms with Gasteiger partial charge in [-0.05, 0) is 29.9 Å². The molecule has 0 spiro atoms. The number of nitrogens with two attached hydrogens (primary N) is 1. The van der Waals surface area contributed by atoms with Gasteiger partial charge in [0.25, 0.3) is 0 Å². The van der Waals surface area contributed by atoms with Crippen molar-refractivity contribution in [2.24, 2.45) is 0 Å². The molecule has 14 heavy (non-hydrogen) atoms. The van der Waals surface area contributed by atoms with Gasteiger partial charge in [0.1, 0.15) is 6.10 Å². The SMILES string of the molecule is Nc1cccc(C(O)C(O)CCS)c1. The van der Waals surface area contributed by atoms with Crippen molar-refractivity contribution in [2.45, 2.75) is 18.6 Å². The summed E-state index contributed by atoms with van der Waals surface area (Å²) in [7, 11) is 0. The van der Waals surface area contributed by atoms with E-state index in [2.05, 4.69) is 12.6 Å². The van der Waals surface area contributed by atoms with Crippen LogP contribution in [-0.2, 0) is 0 Å². The molecular weight excluding hydrogens is 198 g/mol. The summed E-state index contributed by atoms with van der Waals surface area (Å²) in [4.78, 5) is 0. The van der Waals surface area contributed by atoms with Crippen molar-refractivity contribution in [3.63, 3.8) is 0 Å². The summed E-state index contributed by atoms with van der Waals surface area (Å²) in [5, 5.41) is 19.2. The first kappa shape index (κ1) is 11.4. The summed E-state index contributed by atoms with van der Waals surface area (Å²) in [6.45, 7) is 0. The number of benzene rings is 1. The van der Waals surface area contributed by atoms with Crippen molar-refractivity contribution in [1.29, 1.82) is 0 Å². The number of rotatable bonds is 4. The molecule has 0 saturated heterocycles. The van der Waals surface area contributed by atoms with E-state index >= 15 is 0 Å². The molecule has 1 aromatic carbocycles. The van der Waals surface area contributed by atoms with Crippen LogP contribution in [0.4, 0.5) is 5.69 Å². The van der Waals surface area contributed by atoms with Crippen LogP contribution >= 0.6 is 12.6 Å². The average molecular weight is 213 g/mol. The van der Waals surface area contributed by atoms with Crippen LogP contribution < -0.4 is 5.73 Å². The van der Waals surface area contributed by atoms with Crippen LogP contribution in [0.5, 0.6) is 0 Å². The van der Waals surface area contributed by atoms with Gasteiger partial charge in [0, 0.05) is 5.69 Å². The molecule has 3 nitrogen and oxygen atoms in total. The van der Waals surface area contributed by atoms with Gasteiger partial charge in [0.2, 0.25) is 0 Å². The molecule has 0 saturated carbocycles. The van der Waals surface area contributed by atoms with E-state index in [0.29, 0.717) is 23.4 Å². The van der Waals surface area contributed by atoms with Gasteiger partial charge in [0.15, 0.2) is 0 Å². The van der Waals surface area contributed by atoms with E-state index in [1.165, 1.54) is 0 Å². The molecule has 2 atom stereocenters. The maximum atomic E-state index is 9.71. The molecule has 1 rings (SSSR count). The number of hydrogen-bond donors (Lipinski definition) is 4. The zero-order valence-corrected chi connectivity index (χ0v) is 8.69. The van der Waals surface area contributed by atoms with Gasteiger partial charge in [-0.2, -0.15) is 12.6 Å². The molecule has 0 aliphatic rings. The Morgan fingerprint density at radius 3 is 2.64 bits per heavy atom. The Kier molecular flexibility index (Phi) is 4.25. The van der Waals surface area contributed by atoms with Gasteiger partial charge in [-0.1, -0.05) is 12.1 Å². The Bertz CT molecular complexity index is 293. The smallest absolute Gasteiger partial charge is 0.105 e. The average Bonchev–Trinajstić information content (AvgIpc) is 2.17. The molecule has 2 unspecified atom stereocenters. The molecule has 4 N–H and O–H groups in total. The Morgan fingerprint density at radius 1 is 1.36 bits per heavy atom. The van der Waals surface area contributed by atoms with Gasteiger partial charge >= 0.3 is 0 Å². The second kappa shape index (κ2) is 5.24. The number of nitrogen functional groups attached to an aromatic ring is 1. The van der Waals surface area contributed by atoms with Crippen LogP contribution in [0.3, 0.4) is 0 Å². The molecule has 1 aromatic rings. The van der Waals surface area contributed by atoms with Crippen molar-refractivity contribution in [2.75, 3.05) is 11.5 Å². The van der Waals surface area contributed by atoms with E-state index in [0.717, 1.165) is 0 Å². The normalized spacial score (nSPS) is 15.1. The fourth-order valence-corrected chi connectivity index (χ4v) is 1.52. The molecule has 0 aliphatic heterocycles. The minimum absolute atomic E-state index is 0.457. The van der Waals surface area contributed by atoms with E-state index < -0.39 is 12.2 Å². The topological polar surface area (TPSA) is 66.5 Å². The lowest BCUT2D eigenvalue weighted by Crippen LogP contribution is -2.18. The van der Waals surface area contributed by atoms with Gasteiger partial charge in [-0.25, -0.2) is 0 Å². The lowest BCUT2D eigenvalue weighted by atomic mass is 10.0. The summed E-state index contributed by atoms with van der Waals surface area (Å²) in [6.07, 6.45) is -1.21. The highest BCUT2D eigenvalue weighted by molar-refractivity contribution is 7.80. The Hall–Kier alpha value is -0.710. The zero-order valence-electron chi connectivity index (χ0n) is 7.80. The summed E-state index contributed by atoms with van der Waals surface area (Å²) in [5.74, 6) is 0.542. The molecule has 0 radical (unpaired) electrons. The maximum absolute atomic E-state index is 9.71. The molecule has 4 heteroatoms. The van der Waals surface area contributed by atoms with Gasteiger partial charge in [-0.3, -0.25) is 0 Å². The number of aliphatic hydroxyl groups is 2. The van der Waals surface area contributed by atoms with E-state index in [9.17, 15) is 10.2 Å². The van der Waals surface area contributed by atoms with Gasteiger partial charge < -0.3 is 15.9 Å². The molecule has 0 fully saturated rings.